The van der Waals surface area contributed by atoms with Gasteiger partial charge in [0.15, 0.2) is 0 Å². The van der Waals surface area contributed by atoms with Crippen LogP contribution < -0.4 is 5.73 Å². The third-order valence-electron chi connectivity index (χ3n) is 2.79. The standard InChI is InChI=1S/C14H20ClNO/c1-10(2)7-12(9-16)14(17)8-11-3-5-13(15)6-4-11/h3-6,10,12H,7-9,16H2,1-2H3. The molecule has 94 valence electrons. The van der Waals surface area contributed by atoms with Crippen LogP contribution in [0, 0.1) is 11.8 Å². The first-order valence-corrected chi connectivity index (χ1v) is 6.38. The summed E-state index contributed by atoms with van der Waals surface area (Å²) in [6, 6.07) is 7.40. The second-order valence-corrected chi connectivity index (χ2v) is 5.27. The number of Topliss-reactive ketones (excluding diaryl/α,β-unsaturated/α-hetero) is 1. The predicted molar refractivity (Wildman–Crippen MR) is 72.2 cm³/mol. The van der Waals surface area contributed by atoms with Crippen LogP contribution in [0.25, 0.3) is 0 Å². The summed E-state index contributed by atoms with van der Waals surface area (Å²) in [6.07, 6.45) is 1.31. The Bertz CT molecular complexity index is 359. The van der Waals surface area contributed by atoms with Crippen molar-refractivity contribution in [2.45, 2.75) is 26.7 Å². The molecule has 17 heavy (non-hydrogen) atoms. The van der Waals surface area contributed by atoms with Gasteiger partial charge in [-0.3, -0.25) is 4.79 Å². The molecule has 2 nitrogen and oxygen atoms in total. The Morgan fingerprint density at radius 2 is 1.88 bits per heavy atom. The van der Waals surface area contributed by atoms with Gasteiger partial charge in [0.2, 0.25) is 0 Å². The lowest BCUT2D eigenvalue weighted by molar-refractivity contribution is -0.122. The molecule has 0 bridgehead atoms. The van der Waals surface area contributed by atoms with Crippen LogP contribution in [-0.2, 0) is 11.2 Å². The molecule has 0 aromatic heterocycles. The molecule has 0 aliphatic rings. The Kier molecular flexibility index (Phi) is 5.66. The first-order chi connectivity index (χ1) is 8.02. The van der Waals surface area contributed by atoms with Crippen LogP contribution in [0.5, 0.6) is 0 Å². The second kappa shape index (κ2) is 6.77. The van der Waals surface area contributed by atoms with Gasteiger partial charge in [-0.05, 0) is 30.0 Å². The highest BCUT2D eigenvalue weighted by molar-refractivity contribution is 6.30. The van der Waals surface area contributed by atoms with Gasteiger partial charge in [-0.15, -0.1) is 0 Å². The summed E-state index contributed by atoms with van der Waals surface area (Å²) in [5.74, 6) is 0.701. The van der Waals surface area contributed by atoms with Gasteiger partial charge < -0.3 is 5.73 Å². The Balaban J connectivity index is 2.60. The highest BCUT2D eigenvalue weighted by Gasteiger charge is 2.18. The molecular weight excluding hydrogens is 234 g/mol. The van der Waals surface area contributed by atoms with Gasteiger partial charge in [0.25, 0.3) is 0 Å². The highest BCUT2D eigenvalue weighted by Crippen LogP contribution is 2.16. The van der Waals surface area contributed by atoms with E-state index in [1.807, 2.05) is 24.3 Å². The van der Waals surface area contributed by atoms with Crippen LogP contribution in [0.3, 0.4) is 0 Å². The number of nitrogens with two attached hydrogens (primary N) is 1. The molecule has 1 aromatic rings. The third kappa shape index (κ3) is 4.88. The monoisotopic (exact) mass is 253 g/mol. The lowest BCUT2D eigenvalue weighted by Crippen LogP contribution is -2.26. The van der Waals surface area contributed by atoms with Gasteiger partial charge in [0, 0.05) is 23.9 Å². The van der Waals surface area contributed by atoms with Crippen LogP contribution in [0.4, 0.5) is 0 Å². The molecule has 1 unspecified atom stereocenters. The average Bonchev–Trinajstić information content (AvgIpc) is 2.28. The van der Waals surface area contributed by atoms with Gasteiger partial charge in [-0.25, -0.2) is 0 Å². The second-order valence-electron chi connectivity index (χ2n) is 4.83. The molecule has 1 atom stereocenters. The van der Waals surface area contributed by atoms with Crippen molar-refractivity contribution in [3.05, 3.63) is 34.9 Å². The molecule has 0 saturated carbocycles. The summed E-state index contributed by atoms with van der Waals surface area (Å²) in [5, 5.41) is 0.693. The van der Waals surface area contributed by atoms with Crippen molar-refractivity contribution in [1.29, 1.82) is 0 Å². The van der Waals surface area contributed by atoms with Crippen molar-refractivity contribution in [3.63, 3.8) is 0 Å². The van der Waals surface area contributed by atoms with Crippen LogP contribution in [0.15, 0.2) is 24.3 Å². The molecule has 0 heterocycles. The molecule has 0 radical (unpaired) electrons. The van der Waals surface area contributed by atoms with E-state index in [2.05, 4.69) is 13.8 Å². The van der Waals surface area contributed by atoms with E-state index in [-0.39, 0.29) is 11.7 Å². The van der Waals surface area contributed by atoms with Crippen molar-refractivity contribution in [3.8, 4) is 0 Å². The first kappa shape index (κ1) is 14.2. The number of carbonyl (C=O) groups is 1. The maximum Gasteiger partial charge on any atom is 0.141 e. The summed E-state index contributed by atoms with van der Waals surface area (Å²) in [5.41, 5.74) is 6.66. The first-order valence-electron chi connectivity index (χ1n) is 6.00. The van der Waals surface area contributed by atoms with E-state index in [4.69, 9.17) is 17.3 Å². The Morgan fingerprint density at radius 3 is 2.35 bits per heavy atom. The molecule has 0 aliphatic carbocycles. The van der Waals surface area contributed by atoms with Gasteiger partial charge in [-0.1, -0.05) is 37.6 Å². The summed E-state index contributed by atoms with van der Waals surface area (Å²) in [6.45, 7) is 4.65. The number of hydrogen-bond donors (Lipinski definition) is 1. The number of halogens is 1. The SMILES string of the molecule is CC(C)CC(CN)C(=O)Cc1ccc(Cl)cc1. The van der Waals surface area contributed by atoms with E-state index in [1.165, 1.54) is 0 Å². The summed E-state index contributed by atoms with van der Waals surface area (Å²) in [4.78, 5) is 12.1. The third-order valence-corrected chi connectivity index (χ3v) is 3.04. The number of carbonyl (C=O) groups excluding carboxylic acids is 1. The Morgan fingerprint density at radius 1 is 1.29 bits per heavy atom. The van der Waals surface area contributed by atoms with E-state index in [0.717, 1.165) is 12.0 Å². The van der Waals surface area contributed by atoms with Gasteiger partial charge in [0.1, 0.15) is 5.78 Å². The van der Waals surface area contributed by atoms with Crippen LogP contribution in [0.2, 0.25) is 5.02 Å². The van der Waals surface area contributed by atoms with Crippen LogP contribution in [0.1, 0.15) is 25.8 Å². The molecule has 2 N–H and O–H groups in total. The zero-order valence-electron chi connectivity index (χ0n) is 10.4. The van der Waals surface area contributed by atoms with Crippen LogP contribution in [-0.4, -0.2) is 12.3 Å². The maximum absolute atomic E-state index is 12.1. The van der Waals surface area contributed by atoms with E-state index >= 15 is 0 Å². The van der Waals surface area contributed by atoms with Crippen molar-refractivity contribution in [2.75, 3.05) is 6.54 Å². The molecule has 1 aromatic carbocycles. The van der Waals surface area contributed by atoms with E-state index in [0.29, 0.717) is 23.9 Å². The summed E-state index contributed by atoms with van der Waals surface area (Å²) in [7, 11) is 0. The molecule has 0 aliphatic heterocycles. The smallest absolute Gasteiger partial charge is 0.141 e. The molecular formula is C14H20ClNO. The molecule has 0 saturated heterocycles. The maximum atomic E-state index is 12.1. The van der Waals surface area contributed by atoms with Crippen molar-refractivity contribution < 1.29 is 4.79 Å². The molecule has 0 amide bonds. The number of benzene rings is 1. The number of hydrogen-bond acceptors (Lipinski definition) is 2. The summed E-state index contributed by atoms with van der Waals surface area (Å²) < 4.78 is 0. The molecule has 0 fully saturated rings. The van der Waals surface area contributed by atoms with Crippen LogP contribution >= 0.6 is 11.6 Å². The summed E-state index contributed by atoms with van der Waals surface area (Å²) >= 11 is 5.80. The highest BCUT2D eigenvalue weighted by atomic mass is 35.5. The zero-order valence-corrected chi connectivity index (χ0v) is 11.2. The molecule has 1 rings (SSSR count). The lowest BCUT2D eigenvalue weighted by atomic mass is 9.90. The number of rotatable bonds is 6. The fourth-order valence-corrected chi connectivity index (χ4v) is 2.00. The Hall–Kier alpha value is -0.860. The minimum absolute atomic E-state index is 0.0225. The van der Waals surface area contributed by atoms with E-state index in [1.54, 1.807) is 0 Å². The number of ketones is 1. The fraction of sp³-hybridized carbons (Fsp3) is 0.500. The van der Waals surface area contributed by atoms with Crippen molar-refractivity contribution in [1.82, 2.24) is 0 Å². The quantitative estimate of drug-likeness (QED) is 0.847. The average molecular weight is 254 g/mol. The predicted octanol–water partition coefficient (Wildman–Crippen LogP) is 3.07. The minimum Gasteiger partial charge on any atom is -0.330 e. The van der Waals surface area contributed by atoms with E-state index < -0.39 is 0 Å². The zero-order chi connectivity index (χ0) is 12.8. The van der Waals surface area contributed by atoms with Gasteiger partial charge in [-0.2, -0.15) is 0 Å². The normalized spacial score (nSPS) is 12.8. The minimum atomic E-state index is -0.0225. The van der Waals surface area contributed by atoms with Crippen molar-refractivity contribution in [2.24, 2.45) is 17.6 Å². The van der Waals surface area contributed by atoms with Gasteiger partial charge in [0.05, 0.1) is 0 Å². The molecule has 3 heteroatoms. The Labute approximate surface area is 108 Å². The molecule has 0 spiro atoms. The van der Waals surface area contributed by atoms with Crippen molar-refractivity contribution >= 4 is 17.4 Å². The lowest BCUT2D eigenvalue weighted by Gasteiger charge is -2.15. The van der Waals surface area contributed by atoms with Gasteiger partial charge >= 0.3 is 0 Å². The topological polar surface area (TPSA) is 43.1 Å². The fourth-order valence-electron chi connectivity index (χ4n) is 1.88. The van der Waals surface area contributed by atoms with E-state index in [9.17, 15) is 4.79 Å². The largest absolute Gasteiger partial charge is 0.330 e.